The Kier molecular flexibility index (Phi) is 4.85. The van der Waals surface area contributed by atoms with Crippen molar-refractivity contribution >= 4 is 10.9 Å². The Morgan fingerprint density at radius 1 is 1.06 bits per heavy atom. The van der Waals surface area contributed by atoms with Crippen molar-refractivity contribution in [2.45, 2.75) is 51.4 Å². The number of hydrogen-bond donors (Lipinski definition) is 1. The molecule has 2 aliphatic heterocycles. The smallest absolute Gasteiger partial charge is 0.282 e. The second kappa shape index (κ2) is 7.88. The van der Waals surface area contributed by atoms with Crippen LogP contribution in [0, 0.1) is 23.6 Å². The van der Waals surface area contributed by atoms with Crippen LogP contribution in [0.3, 0.4) is 0 Å². The zero-order valence-corrected chi connectivity index (χ0v) is 18.2. The maximum Gasteiger partial charge on any atom is 0.282 e. The van der Waals surface area contributed by atoms with Gasteiger partial charge in [-0.3, -0.25) is 4.79 Å². The Balaban J connectivity index is 1.29. The van der Waals surface area contributed by atoms with Gasteiger partial charge < -0.3 is 4.98 Å². The lowest BCUT2D eigenvalue weighted by Gasteiger charge is -2.19. The first-order valence-corrected chi connectivity index (χ1v) is 12.0. The monoisotopic (exact) mass is 429 g/mol. The van der Waals surface area contributed by atoms with Gasteiger partial charge in [-0.15, -0.1) is 0 Å². The molecule has 2 aliphatic carbocycles. The molecule has 4 aliphatic rings. The number of rotatable bonds is 4. The molecule has 0 bridgehead atoms. The highest BCUT2D eigenvalue weighted by atomic mass is 19.1. The van der Waals surface area contributed by atoms with Crippen molar-refractivity contribution in [2.75, 3.05) is 0 Å². The van der Waals surface area contributed by atoms with Gasteiger partial charge in [-0.2, -0.15) is 9.78 Å². The van der Waals surface area contributed by atoms with E-state index in [-0.39, 0.29) is 11.4 Å². The summed E-state index contributed by atoms with van der Waals surface area (Å²) < 4.78 is 16.5. The molecule has 2 heterocycles. The number of aromatic amines is 1. The van der Waals surface area contributed by atoms with Crippen LogP contribution in [0.2, 0.25) is 0 Å². The summed E-state index contributed by atoms with van der Waals surface area (Å²) in [6, 6.07) is 12.8. The van der Waals surface area contributed by atoms with Gasteiger partial charge in [0.05, 0.1) is 11.3 Å². The highest BCUT2D eigenvalue weighted by Gasteiger charge is 2.37. The largest absolute Gasteiger partial charge is 0.360 e. The van der Waals surface area contributed by atoms with E-state index in [4.69, 9.17) is 0 Å². The van der Waals surface area contributed by atoms with E-state index in [1.807, 2.05) is 36.4 Å². The van der Waals surface area contributed by atoms with Crippen molar-refractivity contribution in [2.24, 2.45) is 17.8 Å². The minimum absolute atomic E-state index is 0.198. The second-order valence-corrected chi connectivity index (χ2v) is 9.76. The zero-order valence-electron chi connectivity index (χ0n) is 18.2. The summed E-state index contributed by atoms with van der Waals surface area (Å²) in [6.07, 6.45) is 11.6. The van der Waals surface area contributed by atoms with Gasteiger partial charge in [0.15, 0.2) is 0 Å². The minimum Gasteiger partial charge on any atom is -0.360 e. The lowest BCUT2D eigenvalue weighted by Crippen LogP contribution is -2.14. The summed E-state index contributed by atoms with van der Waals surface area (Å²) in [7, 11) is 0. The van der Waals surface area contributed by atoms with Gasteiger partial charge in [0.1, 0.15) is 11.5 Å². The van der Waals surface area contributed by atoms with Crippen molar-refractivity contribution in [3.8, 4) is 16.9 Å². The van der Waals surface area contributed by atoms with Crippen molar-refractivity contribution in [3.63, 3.8) is 0 Å². The predicted octanol–water partition coefficient (Wildman–Crippen LogP) is 6.11. The molecule has 164 valence electrons. The summed E-state index contributed by atoms with van der Waals surface area (Å²) in [5, 5.41) is 5.20. The van der Waals surface area contributed by atoms with Crippen LogP contribution < -0.4 is 5.56 Å². The molecule has 32 heavy (non-hydrogen) atoms. The van der Waals surface area contributed by atoms with Crippen molar-refractivity contribution < 1.29 is 4.39 Å². The first-order valence-electron chi connectivity index (χ1n) is 12.0. The Bertz CT molecular complexity index is 1290. The molecule has 6 rings (SSSR count). The first kappa shape index (κ1) is 19.7. The molecular formula is C27H28FN3O. The molecule has 3 atom stereocenters. The Morgan fingerprint density at radius 2 is 1.91 bits per heavy atom. The van der Waals surface area contributed by atoms with Crippen LogP contribution in [0.4, 0.5) is 4.39 Å². The third-order valence-electron chi connectivity index (χ3n) is 7.72. The van der Waals surface area contributed by atoms with Gasteiger partial charge in [-0.25, -0.2) is 4.39 Å². The molecule has 0 spiro atoms. The van der Waals surface area contributed by atoms with Crippen molar-refractivity contribution in [1.29, 1.82) is 0 Å². The summed E-state index contributed by atoms with van der Waals surface area (Å²) in [5.74, 6) is 2.51. The summed E-state index contributed by atoms with van der Waals surface area (Å²) in [6.45, 7) is 0. The SMILES string of the molecule is O=c1c2c[nH]c3cc(CCC4CCCC5C[C@@H]5CC4)c(F)cc3c-2nn1-c1ccccc1. The summed E-state index contributed by atoms with van der Waals surface area (Å²) >= 11 is 0. The molecule has 0 amide bonds. The van der Waals surface area contributed by atoms with Gasteiger partial charge in [0, 0.05) is 17.1 Å². The van der Waals surface area contributed by atoms with E-state index >= 15 is 4.39 Å². The average Bonchev–Trinajstić information content (AvgIpc) is 3.44. The standard InChI is InChI=1S/C27H28FN3O/c28-24-15-22-25(14-20(24)12-10-17-5-4-6-18-13-19(18)11-9-17)29-16-23-26(22)30-31(27(23)32)21-7-2-1-3-8-21/h1-3,7-8,14-19,29H,4-6,9-13H2/t17?,18?,19-/m0/s1. The van der Waals surface area contributed by atoms with Crippen LogP contribution in [0.25, 0.3) is 27.8 Å². The van der Waals surface area contributed by atoms with Gasteiger partial charge in [0.25, 0.3) is 5.56 Å². The van der Waals surface area contributed by atoms with Crippen LogP contribution in [-0.2, 0) is 6.42 Å². The van der Waals surface area contributed by atoms with Crippen molar-refractivity contribution in [3.05, 3.63) is 70.4 Å². The molecule has 2 aromatic rings. The van der Waals surface area contributed by atoms with E-state index in [0.717, 1.165) is 35.8 Å². The fourth-order valence-electron chi connectivity index (χ4n) is 5.69. The first-order chi connectivity index (χ1) is 15.7. The molecule has 2 unspecified atom stereocenters. The van der Waals surface area contributed by atoms with Gasteiger partial charge in [0.2, 0.25) is 0 Å². The second-order valence-electron chi connectivity index (χ2n) is 9.76. The van der Waals surface area contributed by atoms with E-state index in [1.54, 1.807) is 12.3 Å². The third kappa shape index (κ3) is 3.54. The molecule has 0 aromatic heterocycles. The third-order valence-corrected chi connectivity index (χ3v) is 7.72. The van der Waals surface area contributed by atoms with E-state index in [2.05, 4.69) is 10.1 Å². The fourth-order valence-corrected chi connectivity index (χ4v) is 5.69. The molecule has 0 radical (unpaired) electrons. The number of benzene rings is 2. The number of para-hydroxylation sites is 1. The Hall–Kier alpha value is -2.95. The maximum atomic E-state index is 15.1. The fraction of sp³-hybridized carbons (Fsp3) is 0.407. The highest BCUT2D eigenvalue weighted by Crippen LogP contribution is 2.48. The van der Waals surface area contributed by atoms with Crippen LogP contribution >= 0.6 is 0 Å². The van der Waals surface area contributed by atoms with Crippen LogP contribution in [0.5, 0.6) is 0 Å². The maximum absolute atomic E-state index is 15.1. The number of nitrogens with one attached hydrogen (secondary N) is 1. The van der Waals surface area contributed by atoms with E-state index in [0.29, 0.717) is 28.2 Å². The number of aromatic nitrogens is 3. The van der Waals surface area contributed by atoms with Gasteiger partial charge >= 0.3 is 0 Å². The molecule has 2 aromatic carbocycles. The summed E-state index contributed by atoms with van der Waals surface area (Å²) in [5.41, 5.74) is 3.10. The number of H-pyrrole nitrogens is 1. The average molecular weight is 430 g/mol. The molecule has 2 saturated carbocycles. The van der Waals surface area contributed by atoms with E-state index in [1.165, 1.54) is 43.2 Å². The number of fused-ring (bicyclic) bond motifs is 4. The lowest BCUT2D eigenvalue weighted by molar-refractivity contribution is 0.350. The highest BCUT2D eigenvalue weighted by molar-refractivity contribution is 5.93. The molecular weight excluding hydrogens is 401 g/mol. The molecule has 5 heteroatoms. The van der Waals surface area contributed by atoms with Crippen LogP contribution in [0.1, 0.15) is 50.5 Å². The number of hydrogen-bond acceptors (Lipinski definition) is 2. The lowest BCUT2D eigenvalue weighted by atomic mass is 9.87. The zero-order chi connectivity index (χ0) is 21.7. The van der Waals surface area contributed by atoms with Crippen molar-refractivity contribution in [1.82, 2.24) is 14.8 Å². The quantitative estimate of drug-likeness (QED) is 0.426. The summed E-state index contributed by atoms with van der Waals surface area (Å²) in [4.78, 5) is 16.1. The molecule has 2 fully saturated rings. The minimum atomic E-state index is -0.201. The molecule has 1 N–H and O–H groups in total. The molecule has 4 nitrogen and oxygen atoms in total. The topological polar surface area (TPSA) is 50.7 Å². The Labute approximate surface area is 186 Å². The Morgan fingerprint density at radius 3 is 2.78 bits per heavy atom. The van der Waals surface area contributed by atoms with E-state index < -0.39 is 0 Å². The number of halogens is 1. The van der Waals surface area contributed by atoms with E-state index in [9.17, 15) is 4.79 Å². The number of nitrogens with zero attached hydrogens (tertiary/aromatic N) is 2. The molecule has 0 saturated heterocycles. The normalized spacial score (nSPS) is 23.1. The van der Waals surface area contributed by atoms with Crippen LogP contribution in [-0.4, -0.2) is 14.8 Å². The van der Waals surface area contributed by atoms with Gasteiger partial charge in [-0.1, -0.05) is 43.9 Å². The number of pyridine rings is 1. The van der Waals surface area contributed by atoms with Gasteiger partial charge in [-0.05, 0) is 73.3 Å². The van der Waals surface area contributed by atoms with Crippen LogP contribution in [0.15, 0.2) is 53.5 Å². The number of aryl methyl sites for hydroxylation is 1. The predicted molar refractivity (Wildman–Crippen MR) is 125 cm³/mol.